The normalized spacial score (nSPS) is 8.92. The van der Waals surface area contributed by atoms with E-state index in [1.165, 1.54) is 6.07 Å². The molecule has 0 fully saturated rings. The standard InChI is InChI=1S/C10H7NO2/c1-7-2-3-8(5-12)10(6-13)9(7)4-11/h2-3,5-6H,1H3. The van der Waals surface area contributed by atoms with E-state index in [2.05, 4.69) is 0 Å². The predicted octanol–water partition coefficient (Wildman–Crippen LogP) is 1.49. The maximum Gasteiger partial charge on any atom is 0.152 e. The average molecular weight is 173 g/mol. The first-order valence-corrected chi connectivity index (χ1v) is 3.68. The summed E-state index contributed by atoms with van der Waals surface area (Å²) in [7, 11) is 0. The summed E-state index contributed by atoms with van der Waals surface area (Å²) in [6.07, 6.45) is 1.11. The number of nitrogens with zero attached hydrogens (tertiary/aromatic N) is 1. The predicted molar refractivity (Wildman–Crippen MR) is 46.7 cm³/mol. The van der Waals surface area contributed by atoms with Crippen LogP contribution in [0.25, 0.3) is 0 Å². The van der Waals surface area contributed by atoms with Crippen LogP contribution in [-0.4, -0.2) is 12.6 Å². The molecule has 1 aromatic rings. The fourth-order valence-corrected chi connectivity index (χ4v) is 1.12. The van der Waals surface area contributed by atoms with Crippen molar-refractivity contribution in [3.8, 4) is 6.07 Å². The molecule has 0 radical (unpaired) electrons. The lowest BCUT2D eigenvalue weighted by atomic mass is 9.99. The Morgan fingerprint density at radius 3 is 2.46 bits per heavy atom. The van der Waals surface area contributed by atoms with E-state index in [9.17, 15) is 9.59 Å². The monoisotopic (exact) mass is 173 g/mol. The van der Waals surface area contributed by atoms with Crippen molar-refractivity contribution in [2.45, 2.75) is 6.92 Å². The third-order valence-electron chi connectivity index (χ3n) is 1.84. The van der Waals surface area contributed by atoms with Crippen LogP contribution >= 0.6 is 0 Å². The molecule has 0 aliphatic rings. The van der Waals surface area contributed by atoms with Crippen LogP contribution in [0, 0.1) is 18.3 Å². The molecule has 13 heavy (non-hydrogen) atoms. The Kier molecular flexibility index (Phi) is 2.56. The molecule has 0 aromatic heterocycles. The number of hydrogen-bond acceptors (Lipinski definition) is 3. The lowest BCUT2D eigenvalue weighted by molar-refractivity contribution is 0.109. The van der Waals surface area contributed by atoms with Gasteiger partial charge in [0.25, 0.3) is 0 Å². The van der Waals surface area contributed by atoms with Crippen LogP contribution in [0.1, 0.15) is 31.8 Å². The zero-order valence-electron chi connectivity index (χ0n) is 7.07. The molecule has 0 amide bonds. The van der Waals surface area contributed by atoms with Crippen LogP contribution in [0.15, 0.2) is 12.1 Å². The number of nitriles is 1. The van der Waals surface area contributed by atoms with Crippen LogP contribution in [0.4, 0.5) is 0 Å². The van der Waals surface area contributed by atoms with Gasteiger partial charge in [0.05, 0.1) is 5.56 Å². The minimum absolute atomic E-state index is 0.178. The van der Waals surface area contributed by atoms with Gasteiger partial charge in [0.2, 0.25) is 0 Å². The van der Waals surface area contributed by atoms with Gasteiger partial charge < -0.3 is 0 Å². The van der Waals surface area contributed by atoms with Gasteiger partial charge in [0.1, 0.15) is 6.07 Å². The molecule has 64 valence electrons. The fourth-order valence-electron chi connectivity index (χ4n) is 1.12. The highest BCUT2D eigenvalue weighted by Crippen LogP contribution is 2.14. The summed E-state index contributed by atoms with van der Waals surface area (Å²) in [4.78, 5) is 21.1. The lowest BCUT2D eigenvalue weighted by Gasteiger charge is -2.02. The van der Waals surface area contributed by atoms with Gasteiger partial charge in [0.15, 0.2) is 12.6 Å². The number of hydrogen-bond donors (Lipinski definition) is 0. The van der Waals surface area contributed by atoms with Gasteiger partial charge in [-0.3, -0.25) is 9.59 Å². The molecule has 0 bridgehead atoms. The summed E-state index contributed by atoms with van der Waals surface area (Å²) in [5, 5.41) is 8.73. The summed E-state index contributed by atoms with van der Waals surface area (Å²) in [6, 6.07) is 5.08. The molecule has 0 aliphatic heterocycles. The van der Waals surface area contributed by atoms with Gasteiger partial charge in [0, 0.05) is 11.1 Å². The van der Waals surface area contributed by atoms with Crippen molar-refractivity contribution in [1.82, 2.24) is 0 Å². The van der Waals surface area contributed by atoms with Gasteiger partial charge in [-0.25, -0.2) is 0 Å². The van der Waals surface area contributed by atoms with E-state index in [0.29, 0.717) is 18.1 Å². The second kappa shape index (κ2) is 3.63. The molecular weight excluding hydrogens is 166 g/mol. The van der Waals surface area contributed by atoms with Crippen molar-refractivity contribution < 1.29 is 9.59 Å². The number of rotatable bonds is 2. The minimum atomic E-state index is 0.178. The quantitative estimate of drug-likeness (QED) is 0.636. The Morgan fingerprint density at radius 1 is 1.31 bits per heavy atom. The molecular formula is C10H7NO2. The third kappa shape index (κ3) is 1.47. The third-order valence-corrected chi connectivity index (χ3v) is 1.84. The fraction of sp³-hybridized carbons (Fsp3) is 0.100. The van der Waals surface area contributed by atoms with E-state index >= 15 is 0 Å². The highest BCUT2D eigenvalue weighted by molar-refractivity contribution is 5.93. The van der Waals surface area contributed by atoms with Gasteiger partial charge in [-0.1, -0.05) is 12.1 Å². The Labute approximate surface area is 75.6 Å². The molecule has 0 saturated carbocycles. The first-order chi connectivity index (χ1) is 6.24. The molecule has 3 heteroatoms. The van der Waals surface area contributed by atoms with E-state index in [-0.39, 0.29) is 16.7 Å². The zero-order valence-corrected chi connectivity index (χ0v) is 7.07. The molecule has 0 aliphatic carbocycles. The van der Waals surface area contributed by atoms with E-state index in [0.717, 1.165) is 0 Å². The number of carbonyl (C=O) groups is 2. The van der Waals surface area contributed by atoms with Crippen molar-refractivity contribution in [3.05, 3.63) is 34.4 Å². The maximum absolute atomic E-state index is 10.6. The molecule has 0 spiro atoms. The summed E-state index contributed by atoms with van der Waals surface area (Å²) < 4.78 is 0. The Morgan fingerprint density at radius 2 is 2.00 bits per heavy atom. The van der Waals surface area contributed by atoms with Gasteiger partial charge in [-0.15, -0.1) is 0 Å². The summed E-state index contributed by atoms with van der Waals surface area (Å²) in [6.45, 7) is 1.72. The second-order valence-electron chi connectivity index (χ2n) is 2.61. The largest absolute Gasteiger partial charge is 0.298 e. The molecule has 0 heterocycles. The highest BCUT2D eigenvalue weighted by Gasteiger charge is 2.08. The molecule has 0 saturated heterocycles. The molecule has 3 nitrogen and oxygen atoms in total. The van der Waals surface area contributed by atoms with E-state index in [1.54, 1.807) is 13.0 Å². The molecule has 0 N–H and O–H groups in total. The van der Waals surface area contributed by atoms with Crippen LogP contribution in [0.3, 0.4) is 0 Å². The molecule has 1 rings (SSSR count). The number of carbonyl (C=O) groups excluding carboxylic acids is 2. The summed E-state index contributed by atoms with van der Waals surface area (Å²) in [5.74, 6) is 0. The second-order valence-corrected chi connectivity index (χ2v) is 2.61. The van der Waals surface area contributed by atoms with Crippen LogP contribution in [0.2, 0.25) is 0 Å². The van der Waals surface area contributed by atoms with Crippen molar-refractivity contribution in [2.24, 2.45) is 0 Å². The van der Waals surface area contributed by atoms with E-state index in [4.69, 9.17) is 5.26 Å². The smallest absolute Gasteiger partial charge is 0.152 e. The lowest BCUT2D eigenvalue weighted by Crippen LogP contribution is -1.97. The van der Waals surface area contributed by atoms with Crippen LogP contribution < -0.4 is 0 Å². The number of benzene rings is 1. The first-order valence-electron chi connectivity index (χ1n) is 3.68. The number of aryl methyl sites for hydroxylation is 1. The van der Waals surface area contributed by atoms with Crippen LogP contribution in [-0.2, 0) is 0 Å². The average Bonchev–Trinajstić information content (AvgIpc) is 2.17. The number of aldehydes is 2. The Hall–Kier alpha value is -1.95. The molecule has 0 atom stereocenters. The van der Waals surface area contributed by atoms with Crippen molar-refractivity contribution in [1.29, 1.82) is 5.26 Å². The maximum atomic E-state index is 10.6. The van der Waals surface area contributed by atoms with Gasteiger partial charge >= 0.3 is 0 Å². The van der Waals surface area contributed by atoms with Crippen molar-refractivity contribution in [3.63, 3.8) is 0 Å². The van der Waals surface area contributed by atoms with E-state index in [1.807, 2.05) is 6.07 Å². The topological polar surface area (TPSA) is 57.9 Å². The highest BCUT2D eigenvalue weighted by atomic mass is 16.1. The first kappa shape index (κ1) is 9.14. The molecule has 0 unspecified atom stereocenters. The van der Waals surface area contributed by atoms with E-state index < -0.39 is 0 Å². The summed E-state index contributed by atoms with van der Waals surface area (Å²) in [5.41, 5.74) is 1.42. The Balaban J connectivity index is 3.56. The van der Waals surface area contributed by atoms with Gasteiger partial charge in [-0.05, 0) is 12.5 Å². The molecule has 1 aromatic carbocycles. The SMILES string of the molecule is Cc1ccc(C=O)c(C=O)c1C#N. The summed E-state index contributed by atoms with van der Waals surface area (Å²) >= 11 is 0. The van der Waals surface area contributed by atoms with Gasteiger partial charge in [-0.2, -0.15) is 5.26 Å². The minimum Gasteiger partial charge on any atom is -0.298 e. The van der Waals surface area contributed by atoms with Crippen molar-refractivity contribution >= 4 is 12.6 Å². The zero-order chi connectivity index (χ0) is 9.84. The Bertz CT molecular complexity index is 402. The van der Waals surface area contributed by atoms with Crippen molar-refractivity contribution in [2.75, 3.05) is 0 Å². The van der Waals surface area contributed by atoms with Crippen LogP contribution in [0.5, 0.6) is 0 Å².